The number of hydrogen-bond acceptors (Lipinski definition) is 3. The second-order valence-electron chi connectivity index (χ2n) is 6.89. The monoisotopic (exact) mass is 372 g/mol. The van der Waals surface area contributed by atoms with Crippen LogP contribution in [0.25, 0.3) is 0 Å². The molecule has 3 rings (SSSR count). The van der Waals surface area contributed by atoms with E-state index in [-0.39, 0.29) is 11.8 Å². The lowest BCUT2D eigenvalue weighted by atomic mass is 9.96. The molecule has 0 aliphatic carbocycles. The van der Waals surface area contributed by atoms with E-state index in [1.54, 1.807) is 7.11 Å². The first-order valence-corrected chi connectivity index (χ1v) is 9.35. The smallest absolute Gasteiger partial charge is 0.228 e. The fourth-order valence-corrected chi connectivity index (χ4v) is 3.54. The fraction of sp³-hybridized carbons (Fsp3) is 0.381. The number of anilines is 1. The number of aryl methyl sites for hydroxylation is 1. The van der Waals surface area contributed by atoms with Crippen molar-refractivity contribution in [2.24, 2.45) is 5.92 Å². The van der Waals surface area contributed by atoms with E-state index >= 15 is 0 Å². The minimum atomic E-state index is -0.0127. The van der Waals surface area contributed by atoms with E-state index in [0.29, 0.717) is 5.75 Å². The molecule has 1 amide bonds. The van der Waals surface area contributed by atoms with Crippen molar-refractivity contribution in [3.8, 4) is 5.75 Å². The summed E-state index contributed by atoms with van der Waals surface area (Å²) < 4.78 is 5.36. The predicted octanol–water partition coefficient (Wildman–Crippen LogP) is 4.51. The molecule has 26 heavy (non-hydrogen) atoms. The summed E-state index contributed by atoms with van der Waals surface area (Å²) in [7, 11) is 1.62. The summed E-state index contributed by atoms with van der Waals surface area (Å²) in [6.07, 6.45) is 1.94. The van der Waals surface area contributed by atoms with Gasteiger partial charge in [0.1, 0.15) is 5.75 Å². The van der Waals surface area contributed by atoms with Gasteiger partial charge in [0.15, 0.2) is 0 Å². The highest BCUT2D eigenvalue weighted by atomic mass is 35.5. The molecule has 0 unspecified atom stereocenters. The van der Waals surface area contributed by atoms with Crippen molar-refractivity contribution in [3.63, 3.8) is 0 Å². The molecule has 0 bridgehead atoms. The van der Waals surface area contributed by atoms with E-state index in [0.717, 1.165) is 48.7 Å². The Morgan fingerprint density at radius 3 is 2.77 bits per heavy atom. The summed E-state index contributed by atoms with van der Waals surface area (Å²) in [5.74, 6) is 0.744. The topological polar surface area (TPSA) is 41.6 Å². The second kappa shape index (κ2) is 8.56. The van der Waals surface area contributed by atoms with Crippen molar-refractivity contribution in [1.29, 1.82) is 0 Å². The van der Waals surface area contributed by atoms with Gasteiger partial charge in [0.25, 0.3) is 0 Å². The maximum absolute atomic E-state index is 12.8. The van der Waals surface area contributed by atoms with Crippen molar-refractivity contribution in [3.05, 3.63) is 58.6 Å². The van der Waals surface area contributed by atoms with E-state index < -0.39 is 0 Å². The third-order valence-electron chi connectivity index (χ3n) is 4.81. The number of likely N-dealkylation sites (tertiary alicyclic amines) is 1. The molecule has 5 heteroatoms. The average Bonchev–Trinajstić information content (AvgIpc) is 2.64. The third-order valence-corrected chi connectivity index (χ3v) is 5.06. The van der Waals surface area contributed by atoms with Gasteiger partial charge in [0.2, 0.25) is 5.91 Å². The largest absolute Gasteiger partial charge is 0.495 e. The standard InChI is InChI=1S/C21H25ClN2O2/c1-15-5-10-20(26-2)19(12-15)23-21(25)17-4-3-11-24(14-17)13-16-6-8-18(22)9-7-16/h5-10,12,17H,3-4,11,13-14H2,1-2H3,(H,23,25)/t17-/m1/s1. The van der Waals surface area contributed by atoms with Crippen molar-refractivity contribution in [2.75, 3.05) is 25.5 Å². The number of methoxy groups -OCH3 is 1. The van der Waals surface area contributed by atoms with Crippen LogP contribution in [-0.2, 0) is 11.3 Å². The van der Waals surface area contributed by atoms with Gasteiger partial charge >= 0.3 is 0 Å². The number of hydrogen-bond donors (Lipinski definition) is 1. The highest BCUT2D eigenvalue weighted by Gasteiger charge is 2.26. The first-order chi connectivity index (χ1) is 12.5. The van der Waals surface area contributed by atoms with Crippen molar-refractivity contribution in [1.82, 2.24) is 4.90 Å². The molecule has 1 heterocycles. The first kappa shape index (κ1) is 18.7. The van der Waals surface area contributed by atoms with Crippen LogP contribution < -0.4 is 10.1 Å². The van der Waals surface area contributed by atoms with Gasteiger partial charge in [0, 0.05) is 18.1 Å². The van der Waals surface area contributed by atoms with Crippen LogP contribution in [0.1, 0.15) is 24.0 Å². The Balaban J connectivity index is 1.62. The molecule has 2 aromatic carbocycles. The Kier molecular flexibility index (Phi) is 6.17. The quantitative estimate of drug-likeness (QED) is 0.839. The minimum Gasteiger partial charge on any atom is -0.495 e. The molecule has 0 saturated carbocycles. The van der Waals surface area contributed by atoms with Crippen LogP contribution in [0.15, 0.2) is 42.5 Å². The summed E-state index contributed by atoms with van der Waals surface area (Å²) in [5, 5.41) is 3.80. The molecule has 1 aliphatic rings. The molecule has 1 saturated heterocycles. The zero-order valence-electron chi connectivity index (χ0n) is 15.3. The maximum atomic E-state index is 12.8. The number of piperidine rings is 1. The lowest BCUT2D eigenvalue weighted by Crippen LogP contribution is -2.40. The van der Waals surface area contributed by atoms with E-state index in [1.165, 1.54) is 5.56 Å². The molecule has 138 valence electrons. The van der Waals surface area contributed by atoms with Gasteiger partial charge in [-0.05, 0) is 61.7 Å². The number of nitrogens with zero attached hydrogens (tertiary/aromatic N) is 1. The van der Waals surface area contributed by atoms with Gasteiger partial charge in [-0.3, -0.25) is 9.69 Å². The zero-order valence-corrected chi connectivity index (χ0v) is 16.1. The summed E-state index contributed by atoms with van der Waals surface area (Å²) in [6, 6.07) is 13.7. The molecular formula is C21H25ClN2O2. The Hall–Kier alpha value is -2.04. The molecule has 1 atom stereocenters. The Morgan fingerprint density at radius 1 is 1.27 bits per heavy atom. The average molecular weight is 373 g/mol. The Labute approximate surface area is 160 Å². The first-order valence-electron chi connectivity index (χ1n) is 8.97. The highest BCUT2D eigenvalue weighted by molar-refractivity contribution is 6.30. The van der Waals surface area contributed by atoms with Crippen LogP contribution in [0, 0.1) is 12.8 Å². The van der Waals surface area contributed by atoms with Gasteiger partial charge in [-0.2, -0.15) is 0 Å². The van der Waals surface area contributed by atoms with Crippen LogP contribution in [0.5, 0.6) is 5.75 Å². The van der Waals surface area contributed by atoms with Gasteiger partial charge in [-0.1, -0.05) is 29.8 Å². The molecule has 1 fully saturated rings. The number of nitrogens with one attached hydrogen (secondary N) is 1. The van der Waals surface area contributed by atoms with Crippen LogP contribution >= 0.6 is 11.6 Å². The normalized spacial score (nSPS) is 17.7. The van der Waals surface area contributed by atoms with E-state index in [4.69, 9.17) is 16.3 Å². The fourth-order valence-electron chi connectivity index (χ4n) is 3.42. The number of carbonyl (C=O) groups is 1. The van der Waals surface area contributed by atoms with E-state index in [1.807, 2.05) is 49.4 Å². The number of benzene rings is 2. The van der Waals surface area contributed by atoms with E-state index in [2.05, 4.69) is 10.2 Å². The van der Waals surface area contributed by atoms with E-state index in [9.17, 15) is 4.79 Å². The zero-order chi connectivity index (χ0) is 18.5. The van der Waals surface area contributed by atoms with Gasteiger partial charge in [0.05, 0.1) is 18.7 Å². The van der Waals surface area contributed by atoms with Crippen LogP contribution in [0.3, 0.4) is 0 Å². The second-order valence-corrected chi connectivity index (χ2v) is 7.33. The lowest BCUT2D eigenvalue weighted by molar-refractivity contribution is -0.121. The third kappa shape index (κ3) is 4.77. The van der Waals surface area contributed by atoms with Gasteiger partial charge in [-0.15, -0.1) is 0 Å². The predicted molar refractivity (Wildman–Crippen MR) is 106 cm³/mol. The van der Waals surface area contributed by atoms with Gasteiger partial charge < -0.3 is 10.1 Å². The molecule has 0 radical (unpaired) electrons. The molecule has 1 N–H and O–H groups in total. The molecule has 1 aliphatic heterocycles. The highest BCUT2D eigenvalue weighted by Crippen LogP contribution is 2.27. The SMILES string of the molecule is COc1ccc(C)cc1NC(=O)[C@@H]1CCCN(Cc2ccc(Cl)cc2)C1. The summed E-state index contributed by atoms with van der Waals surface area (Å²) in [6.45, 7) is 4.63. The van der Waals surface area contributed by atoms with Crippen LogP contribution in [0.4, 0.5) is 5.69 Å². The minimum absolute atomic E-state index is 0.0127. The Bertz CT molecular complexity index is 761. The molecular weight excluding hydrogens is 348 g/mol. The lowest BCUT2D eigenvalue weighted by Gasteiger charge is -2.32. The number of halogens is 1. The number of rotatable bonds is 5. The number of carbonyl (C=O) groups excluding carboxylic acids is 1. The van der Waals surface area contributed by atoms with Crippen molar-refractivity contribution < 1.29 is 9.53 Å². The molecule has 2 aromatic rings. The van der Waals surface area contributed by atoms with Crippen molar-refractivity contribution in [2.45, 2.75) is 26.3 Å². The molecule has 0 spiro atoms. The molecule has 4 nitrogen and oxygen atoms in total. The van der Waals surface area contributed by atoms with Crippen LogP contribution in [0.2, 0.25) is 5.02 Å². The number of ether oxygens (including phenoxy) is 1. The molecule has 0 aromatic heterocycles. The summed E-state index contributed by atoms with van der Waals surface area (Å²) in [4.78, 5) is 15.1. The van der Waals surface area contributed by atoms with Crippen LogP contribution in [-0.4, -0.2) is 31.0 Å². The van der Waals surface area contributed by atoms with Gasteiger partial charge in [-0.25, -0.2) is 0 Å². The summed E-state index contributed by atoms with van der Waals surface area (Å²) in [5.41, 5.74) is 3.05. The van der Waals surface area contributed by atoms with Crippen molar-refractivity contribution >= 4 is 23.2 Å². The number of amides is 1. The summed E-state index contributed by atoms with van der Waals surface area (Å²) >= 11 is 5.96. The maximum Gasteiger partial charge on any atom is 0.228 e. The Morgan fingerprint density at radius 2 is 2.04 bits per heavy atom.